The Bertz CT molecular complexity index is 718. The van der Waals surface area contributed by atoms with Gasteiger partial charge in [-0.15, -0.1) is 24.1 Å². The Balaban J connectivity index is 2.09. The quantitative estimate of drug-likeness (QED) is 0.435. The molecule has 5 heteroatoms. The van der Waals surface area contributed by atoms with Crippen molar-refractivity contribution < 1.29 is 14.3 Å². The Morgan fingerprint density at radius 2 is 2.21 bits per heavy atom. The van der Waals surface area contributed by atoms with Crippen molar-refractivity contribution in [1.82, 2.24) is 0 Å². The molecular weight excluding hydrogens is 322 g/mol. The van der Waals surface area contributed by atoms with Crippen LogP contribution in [0.1, 0.15) is 33.6 Å². The highest BCUT2D eigenvalue weighted by Crippen LogP contribution is 2.60. The van der Waals surface area contributed by atoms with Crippen LogP contribution in [-0.4, -0.2) is 24.1 Å². The van der Waals surface area contributed by atoms with Crippen LogP contribution >= 0.6 is 11.8 Å². The molecule has 126 valence electrons. The fourth-order valence-corrected chi connectivity index (χ4v) is 3.67. The molecule has 0 aromatic heterocycles. The molecule has 0 bridgehead atoms. The number of terminal acetylenes is 1. The zero-order valence-corrected chi connectivity index (χ0v) is 15.2. The van der Waals surface area contributed by atoms with Crippen LogP contribution in [0.3, 0.4) is 0 Å². The fourth-order valence-electron chi connectivity index (χ4n) is 3.30. The molecule has 0 saturated heterocycles. The van der Waals surface area contributed by atoms with Crippen molar-refractivity contribution in [3.63, 3.8) is 0 Å². The first-order valence-corrected chi connectivity index (χ1v) is 9.03. The molecule has 1 saturated carbocycles. The smallest absolute Gasteiger partial charge is 0.310 e. The van der Waals surface area contributed by atoms with E-state index in [1.54, 1.807) is 6.92 Å². The monoisotopic (exact) mass is 343 g/mol. The van der Waals surface area contributed by atoms with Gasteiger partial charge in [-0.05, 0) is 30.1 Å². The summed E-state index contributed by atoms with van der Waals surface area (Å²) in [4.78, 5) is 25.1. The largest absolute Gasteiger partial charge is 0.457 e. The van der Waals surface area contributed by atoms with Gasteiger partial charge in [0.15, 0.2) is 5.78 Å². The van der Waals surface area contributed by atoms with Crippen LogP contribution in [0.15, 0.2) is 22.1 Å². The van der Waals surface area contributed by atoms with E-state index in [0.29, 0.717) is 10.5 Å². The SMILES string of the molecule is C#CCC1=C(C)[C@@H](OC(=O)C2[C@@H](/C=C(\C#N)SC)C2(C)C)CC1=O. The van der Waals surface area contributed by atoms with Crippen molar-refractivity contribution in [2.75, 3.05) is 6.26 Å². The molecule has 1 unspecified atom stereocenters. The van der Waals surface area contributed by atoms with E-state index in [1.165, 1.54) is 11.8 Å². The van der Waals surface area contributed by atoms with E-state index in [2.05, 4.69) is 12.0 Å². The maximum absolute atomic E-state index is 12.5. The molecule has 2 aliphatic carbocycles. The lowest BCUT2D eigenvalue weighted by Gasteiger charge is -2.13. The van der Waals surface area contributed by atoms with Gasteiger partial charge in [-0.25, -0.2) is 0 Å². The summed E-state index contributed by atoms with van der Waals surface area (Å²) in [5, 5.41) is 9.06. The number of carbonyl (C=O) groups excluding carboxylic acids is 2. The third-order valence-corrected chi connectivity index (χ3v) is 5.70. The van der Waals surface area contributed by atoms with E-state index in [9.17, 15) is 9.59 Å². The first-order valence-electron chi connectivity index (χ1n) is 7.80. The summed E-state index contributed by atoms with van der Waals surface area (Å²) < 4.78 is 5.60. The second kappa shape index (κ2) is 6.87. The van der Waals surface area contributed by atoms with Gasteiger partial charge < -0.3 is 4.74 Å². The molecule has 1 fully saturated rings. The second-order valence-electron chi connectivity index (χ2n) is 6.77. The number of hydrogen-bond donors (Lipinski definition) is 0. The van der Waals surface area contributed by atoms with E-state index < -0.39 is 6.10 Å². The van der Waals surface area contributed by atoms with Crippen molar-refractivity contribution in [2.24, 2.45) is 17.3 Å². The van der Waals surface area contributed by atoms with Gasteiger partial charge in [0.05, 0.1) is 17.2 Å². The van der Waals surface area contributed by atoms with E-state index in [0.717, 1.165) is 5.57 Å². The molecule has 0 radical (unpaired) electrons. The minimum atomic E-state index is -0.509. The zero-order valence-electron chi connectivity index (χ0n) is 14.4. The summed E-state index contributed by atoms with van der Waals surface area (Å²) in [5.74, 6) is 1.83. The van der Waals surface area contributed by atoms with Gasteiger partial charge in [0.1, 0.15) is 12.2 Å². The maximum atomic E-state index is 12.5. The molecule has 0 heterocycles. The molecule has 3 atom stereocenters. The summed E-state index contributed by atoms with van der Waals surface area (Å²) in [5.41, 5.74) is 1.12. The highest BCUT2D eigenvalue weighted by molar-refractivity contribution is 8.02. The number of thioether (sulfide) groups is 1. The van der Waals surface area contributed by atoms with Gasteiger partial charge in [0.2, 0.25) is 0 Å². The molecule has 0 aliphatic heterocycles. The molecule has 0 N–H and O–H groups in total. The van der Waals surface area contributed by atoms with Gasteiger partial charge in [0, 0.05) is 12.0 Å². The molecule has 0 spiro atoms. The third kappa shape index (κ3) is 3.28. The Hall–Kier alpha value is -1.98. The predicted molar refractivity (Wildman–Crippen MR) is 93.6 cm³/mol. The summed E-state index contributed by atoms with van der Waals surface area (Å²) in [7, 11) is 0. The number of Topliss-reactive ketones (excluding diaryl/α,β-unsaturated/α-hetero) is 1. The van der Waals surface area contributed by atoms with E-state index in [-0.39, 0.29) is 41.8 Å². The topological polar surface area (TPSA) is 67.2 Å². The number of nitriles is 1. The highest BCUT2D eigenvalue weighted by atomic mass is 32.2. The molecule has 24 heavy (non-hydrogen) atoms. The average molecular weight is 343 g/mol. The normalized spacial score (nSPS) is 28.3. The van der Waals surface area contributed by atoms with Gasteiger partial charge in [0.25, 0.3) is 0 Å². The third-order valence-electron chi connectivity index (χ3n) is 5.03. The van der Waals surface area contributed by atoms with E-state index in [1.807, 2.05) is 26.2 Å². The van der Waals surface area contributed by atoms with Crippen molar-refractivity contribution in [3.8, 4) is 18.4 Å². The van der Waals surface area contributed by atoms with Crippen LogP contribution in [0.5, 0.6) is 0 Å². The van der Waals surface area contributed by atoms with Crippen molar-refractivity contribution in [2.45, 2.75) is 39.7 Å². The Morgan fingerprint density at radius 1 is 1.54 bits per heavy atom. The van der Waals surface area contributed by atoms with Crippen molar-refractivity contribution >= 4 is 23.5 Å². The first-order chi connectivity index (χ1) is 11.3. The lowest BCUT2D eigenvalue weighted by atomic mass is 10.1. The summed E-state index contributed by atoms with van der Waals surface area (Å²) in [6.07, 6.45) is 8.92. The Kier molecular flexibility index (Phi) is 5.26. The average Bonchev–Trinajstić information content (AvgIpc) is 2.98. The van der Waals surface area contributed by atoms with Crippen molar-refractivity contribution in [3.05, 3.63) is 22.1 Å². The predicted octanol–water partition coefficient (Wildman–Crippen LogP) is 3.25. The molecule has 0 aromatic carbocycles. The van der Waals surface area contributed by atoms with Gasteiger partial charge in [-0.1, -0.05) is 19.9 Å². The molecule has 0 aromatic rings. The minimum Gasteiger partial charge on any atom is -0.457 e. The number of esters is 1. The van der Waals surface area contributed by atoms with Crippen LogP contribution in [0.25, 0.3) is 0 Å². The standard InChI is InChI=1S/C19H21NO3S/c1-6-7-13-11(2)16(9-15(13)21)23-18(22)17-14(19(17,3)4)8-12(10-20)24-5/h1,8,14,16-17H,7,9H2,2-5H3/b12-8+/t14-,16+,17?/m1/s1. The number of hydrogen-bond acceptors (Lipinski definition) is 5. The molecule has 0 amide bonds. The number of nitrogens with zero attached hydrogens (tertiary/aromatic N) is 1. The zero-order chi connectivity index (χ0) is 18.1. The summed E-state index contributed by atoms with van der Waals surface area (Å²) in [6, 6.07) is 2.13. The second-order valence-corrected chi connectivity index (χ2v) is 7.62. The summed E-state index contributed by atoms with van der Waals surface area (Å²) in [6.45, 7) is 5.77. The number of carbonyl (C=O) groups is 2. The van der Waals surface area contributed by atoms with Gasteiger partial charge >= 0.3 is 5.97 Å². The van der Waals surface area contributed by atoms with Gasteiger partial charge in [-0.2, -0.15) is 5.26 Å². The molecule has 2 rings (SSSR count). The first kappa shape index (κ1) is 18.4. The maximum Gasteiger partial charge on any atom is 0.310 e. The molecule has 4 nitrogen and oxygen atoms in total. The fraction of sp³-hybridized carbons (Fsp3) is 0.526. The van der Waals surface area contributed by atoms with Crippen LogP contribution in [0.2, 0.25) is 0 Å². The lowest BCUT2D eigenvalue weighted by Crippen LogP contribution is -2.20. The number of ketones is 1. The molecule has 2 aliphatic rings. The Morgan fingerprint density at radius 3 is 2.75 bits per heavy atom. The lowest BCUT2D eigenvalue weighted by molar-refractivity contribution is -0.150. The van der Waals surface area contributed by atoms with Crippen LogP contribution < -0.4 is 0 Å². The van der Waals surface area contributed by atoms with E-state index >= 15 is 0 Å². The van der Waals surface area contributed by atoms with Crippen LogP contribution in [0.4, 0.5) is 0 Å². The highest BCUT2D eigenvalue weighted by Gasteiger charge is 2.62. The number of ether oxygens (including phenoxy) is 1. The van der Waals surface area contributed by atoms with Gasteiger partial charge in [-0.3, -0.25) is 9.59 Å². The van der Waals surface area contributed by atoms with E-state index in [4.69, 9.17) is 16.4 Å². The number of rotatable bonds is 5. The van der Waals surface area contributed by atoms with Crippen LogP contribution in [-0.2, 0) is 14.3 Å². The number of allylic oxidation sites excluding steroid dienone is 3. The van der Waals surface area contributed by atoms with Crippen LogP contribution in [0, 0.1) is 40.9 Å². The van der Waals surface area contributed by atoms with Crippen molar-refractivity contribution in [1.29, 1.82) is 5.26 Å². The minimum absolute atomic E-state index is 0.0151. The summed E-state index contributed by atoms with van der Waals surface area (Å²) >= 11 is 1.37. The Labute approximate surface area is 147 Å². The molecular formula is C19H21NO3S.